The first-order valence-electron chi connectivity index (χ1n) is 7.14. The number of benzene rings is 1. The Morgan fingerprint density at radius 2 is 1.70 bits per heavy atom. The van der Waals surface area contributed by atoms with E-state index in [2.05, 4.69) is 48.0 Å². The van der Waals surface area contributed by atoms with E-state index in [4.69, 9.17) is 0 Å². The number of rotatable bonds is 5. The van der Waals surface area contributed by atoms with Crippen molar-refractivity contribution in [2.75, 3.05) is 11.4 Å². The second-order valence-electron chi connectivity index (χ2n) is 4.95. The highest BCUT2D eigenvalue weighted by molar-refractivity contribution is 5.62. The molecule has 0 fully saturated rings. The van der Waals surface area contributed by atoms with Gasteiger partial charge in [0.1, 0.15) is 0 Å². The molecule has 106 valence electrons. The molecule has 3 heteroatoms. The van der Waals surface area contributed by atoms with Crippen LogP contribution in [-0.4, -0.2) is 16.6 Å². The van der Waals surface area contributed by atoms with Crippen LogP contribution < -0.4 is 4.90 Å². The molecule has 1 N–H and O–H groups in total. The molecule has 0 saturated carbocycles. The maximum absolute atomic E-state index is 9.79. The lowest BCUT2D eigenvalue weighted by molar-refractivity contribution is 0.169. The molecule has 1 atom stereocenters. The van der Waals surface area contributed by atoms with Gasteiger partial charge in [0.15, 0.2) is 0 Å². The van der Waals surface area contributed by atoms with Gasteiger partial charge in [0.2, 0.25) is 0 Å². The Labute approximate surface area is 120 Å². The number of anilines is 2. The van der Waals surface area contributed by atoms with E-state index < -0.39 is 6.10 Å². The van der Waals surface area contributed by atoms with Gasteiger partial charge < -0.3 is 10.0 Å². The number of hydrogen-bond acceptors (Lipinski definition) is 3. The van der Waals surface area contributed by atoms with E-state index in [1.54, 1.807) is 0 Å². The molecule has 1 aromatic carbocycles. The highest BCUT2D eigenvalue weighted by Gasteiger charge is 2.10. The molecule has 0 aliphatic rings. The molecule has 0 unspecified atom stereocenters. The number of aryl methyl sites for hydroxylation is 1. The highest BCUT2D eigenvalue weighted by atomic mass is 16.3. The molecule has 0 saturated heterocycles. The van der Waals surface area contributed by atoms with Crippen molar-refractivity contribution in [1.82, 2.24) is 4.98 Å². The zero-order valence-corrected chi connectivity index (χ0v) is 12.4. The molecule has 0 bridgehead atoms. The van der Waals surface area contributed by atoms with Crippen molar-refractivity contribution < 1.29 is 5.11 Å². The molecule has 1 aromatic heterocycles. The standard InChI is InChI=1S/C17H22N2O/c1-4-17(20)16-11-10-15(12-18-16)19(5-2)14-8-6-13(3)7-9-14/h6-12,17,20H,4-5H2,1-3H3/t17-/m0/s1. The van der Waals surface area contributed by atoms with Crippen molar-refractivity contribution in [2.24, 2.45) is 0 Å². The minimum atomic E-state index is -0.474. The Kier molecular flexibility index (Phi) is 4.74. The van der Waals surface area contributed by atoms with Crippen molar-refractivity contribution >= 4 is 11.4 Å². The van der Waals surface area contributed by atoms with E-state index in [-0.39, 0.29) is 0 Å². The van der Waals surface area contributed by atoms with Gasteiger partial charge in [0.05, 0.1) is 23.7 Å². The van der Waals surface area contributed by atoms with Gasteiger partial charge in [0.25, 0.3) is 0 Å². The van der Waals surface area contributed by atoms with Crippen LogP contribution in [0.2, 0.25) is 0 Å². The fourth-order valence-corrected chi connectivity index (χ4v) is 2.20. The number of pyridine rings is 1. The summed E-state index contributed by atoms with van der Waals surface area (Å²) >= 11 is 0. The monoisotopic (exact) mass is 270 g/mol. The summed E-state index contributed by atoms with van der Waals surface area (Å²) in [4.78, 5) is 6.57. The Hall–Kier alpha value is -1.87. The topological polar surface area (TPSA) is 36.4 Å². The summed E-state index contributed by atoms with van der Waals surface area (Å²) in [6.07, 6.45) is 2.04. The normalized spacial score (nSPS) is 12.2. The van der Waals surface area contributed by atoms with Gasteiger partial charge in [-0.25, -0.2) is 0 Å². The summed E-state index contributed by atoms with van der Waals surface area (Å²) in [7, 11) is 0. The van der Waals surface area contributed by atoms with Crippen LogP contribution in [0.15, 0.2) is 42.6 Å². The van der Waals surface area contributed by atoms with Crippen molar-refractivity contribution in [2.45, 2.75) is 33.3 Å². The third-order valence-electron chi connectivity index (χ3n) is 3.47. The Balaban J connectivity index is 2.25. The van der Waals surface area contributed by atoms with Crippen LogP contribution in [0, 0.1) is 6.92 Å². The Morgan fingerprint density at radius 1 is 1.05 bits per heavy atom. The van der Waals surface area contributed by atoms with Gasteiger partial charge in [-0.05, 0) is 44.5 Å². The maximum atomic E-state index is 9.79. The van der Waals surface area contributed by atoms with Crippen LogP contribution in [0.1, 0.15) is 37.6 Å². The SMILES string of the molecule is CC[C@H](O)c1ccc(N(CC)c2ccc(C)cc2)cn1. The summed E-state index contributed by atoms with van der Waals surface area (Å²) < 4.78 is 0. The summed E-state index contributed by atoms with van der Waals surface area (Å²) in [5.74, 6) is 0. The van der Waals surface area contributed by atoms with E-state index in [0.717, 1.165) is 23.6 Å². The van der Waals surface area contributed by atoms with Crippen LogP contribution in [-0.2, 0) is 0 Å². The van der Waals surface area contributed by atoms with Gasteiger partial charge in [-0.15, -0.1) is 0 Å². The molecule has 1 heterocycles. The van der Waals surface area contributed by atoms with E-state index in [1.165, 1.54) is 5.56 Å². The maximum Gasteiger partial charge on any atom is 0.0957 e. The molecule has 0 aliphatic heterocycles. The van der Waals surface area contributed by atoms with Crippen LogP contribution in [0.25, 0.3) is 0 Å². The average Bonchev–Trinajstić information content (AvgIpc) is 2.50. The van der Waals surface area contributed by atoms with E-state index in [0.29, 0.717) is 6.42 Å². The number of aromatic nitrogens is 1. The lowest BCUT2D eigenvalue weighted by Crippen LogP contribution is -2.16. The molecule has 0 radical (unpaired) electrons. The van der Waals surface area contributed by atoms with E-state index >= 15 is 0 Å². The number of hydrogen-bond donors (Lipinski definition) is 1. The molecule has 0 spiro atoms. The van der Waals surface area contributed by atoms with Gasteiger partial charge in [-0.3, -0.25) is 4.98 Å². The first-order valence-corrected chi connectivity index (χ1v) is 7.14. The van der Waals surface area contributed by atoms with Gasteiger partial charge in [0, 0.05) is 12.2 Å². The third-order valence-corrected chi connectivity index (χ3v) is 3.47. The van der Waals surface area contributed by atoms with Crippen LogP contribution >= 0.6 is 0 Å². The summed E-state index contributed by atoms with van der Waals surface area (Å²) in [6.45, 7) is 7.03. The lowest BCUT2D eigenvalue weighted by Gasteiger charge is -2.23. The van der Waals surface area contributed by atoms with Crippen molar-refractivity contribution in [3.8, 4) is 0 Å². The summed E-state index contributed by atoms with van der Waals surface area (Å²) in [5.41, 5.74) is 4.19. The van der Waals surface area contributed by atoms with Crippen LogP contribution in [0.4, 0.5) is 11.4 Å². The lowest BCUT2D eigenvalue weighted by atomic mass is 10.1. The molecular formula is C17H22N2O. The van der Waals surface area contributed by atoms with Gasteiger partial charge in [-0.2, -0.15) is 0 Å². The highest BCUT2D eigenvalue weighted by Crippen LogP contribution is 2.26. The van der Waals surface area contributed by atoms with Gasteiger partial charge >= 0.3 is 0 Å². The fraction of sp³-hybridized carbons (Fsp3) is 0.353. The Bertz CT molecular complexity index is 534. The number of aliphatic hydroxyl groups excluding tert-OH is 1. The minimum absolute atomic E-state index is 0.474. The summed E-state index contributed by atoms with van der Waals surface area (Å²) in [5, 5.41) is 9.79. The predicted molar refractivity (Wildman–Crippen MR) is 83.3 cm³/mol. The molecule has 0 aliphatic carbocycles. The fourth-order valence-electron chi connectivity index (χ4n) is 2.20. The molecule has 2 aromatic rings. The largest absolute Gasteiger partial charge is 0.387 e. The van der Waals surface area contributed by atoms with Crippen LogP contribution in [0.3, 0.4) is 0 Å². The average molecular weight is 270 g/mol. The Morgan fingerprint density at radius 3 is 2.20 bits per heavy atom. The summed E-state index contributed by atoms with van der Waals surface area (Å²) in [6, 6.07) is 12.4. The van der Waals surface area contributed by atoms with Crippen LogP contribution in [0.5, 0.6) is 0 Å². The second-order valence-corrected chi connectivity index (χ2v) is 4.95. The first-order chi connectivity index (χ1) is 9.65. The molecule has 0 amide bonds. The zero-order chi connectivity index (χ0) is 14.5. The predicted octanol–water partition coefficient (Wildman–Crippen LogP) is 3.99. The van der Waals surface area contributed by atoms with Crippen molar-refractivity contribution in [3.05, 3.63) is 53.9 Å². The van der Waals surface area contributed by atoms with Crippen molar-refractivity contribution in [3.63, 3.8) is 0 Å². The first kappa shape index (κ1) is 14.5. The zero-order valence-electron chi connectivity index (χ0n) is 12.4. The molecule has 3 nitrogen and oxygen atoms in total. The number of aliphatic hydroxyl groups is 1. The second kappa shape index (κ2) is 6.53. The molecule has 20 heavy (non-hydrogen) atoms. The van der Waals surface area contributed by atoms with Crippen molar-refractivity contribution in [1.29, 1.82) is 0 Å². The number of nitrogens with zero attached hydrogens (tertiary/aromatic N) is 2. The minimum Gasteiger partial charge on any atom is -0.387 e. The molecule has 2 rings (SSSR count). The van der Waals surface area contributed by atoms with E-state index in [1.807, 2.05) is 25.3 Å². The third kappa shape index (κ3) is 3.17. The smallest absolute Gasteiger partial charge is 0.0957 e. The van der Waals surface area contributed by atoms with E-state index in [9.17, 15) is 5.11 Å². The van der Waals surface area contributed by atoms with Gasteiger partial charge in [-0.1, -0.05) is 24.6 Å². The quantitative estimate of drug-likeness (QED) is 0.892. The molecular weight excluding hydrogens is 248 g/mol.